The lowest BCUT2D eigenvalue weighted by atomic mass is 10.1. The average Bonchev–Trinajstić information content (AvgIpc) is 3.48. The van der Waals surface area contributed by atoms with Gasteiger partial charge in [0.25, 0.3) is 0 Å². The van der Waals surface area contributed by atoms with E-state index < -0.39 is 20.0 Å². The molecule has 1 aromatic heterocycles. The molecule has 1 aliphatic carbocycles. The highest BCUT2D eigenvalue weighted by molar-refractivity contribution is 7.89. The summed E-state index contributed by atoms with van der Waals surface area (Å²) in [6.45, 7) is 2.74. The molecule has 1 saturated carbocycles. The zero-order chi connectivity index (χ0) is 22.5. The molecule has 170 valence electrons. The molecule has 0 spiro atoms. The van der Waals surface area contributed by atoms with Crippen molar-refractivity contribution in [2.75, 3.05) is 13.1 Å². The molecule has 9 nitrogen and oxygen atoms in total. The van der Waals surface area contributed by atoms with Gasteiger partial charge in [0.1, 0.15) is 5.52 Å². The van der Waals surface area contributed by atoms with Gasteiger partial charge in [-0.05, 0) is 74.6 Å². The second-order valence-corrected chi connectivity index (χ2v) is 12.2. The highest BCUT2D eigenvalue weighted by Crippen LogP contribution is 2.29. The van der Waals surface area contributed by atoms with E-state index in [1.54, 1.807) is 0 Å². The molecule has 0 bridgehead atoms. The summed E-state index contributed by atoms with van der Waals surface area (Å²) in [6, 6.07) is 11.5. The minimum atomic E-state index is -3.70. The van der Waals surface area contributed by atoms with Gasteiger partial charge in [-0.3, -0.25) is 0 Å². The van der Waals surface area contributed by atoms with Gasteiger partial charge in [0.15, 0.2) is 0 Å². The predicted molar refractivity (Wildman–Crippen MR) is 119 cm³/mol. The van der Waals surface area contributed by atoms with Gasteiger partial charge in [-0.1, -0.05) is 11.3 Å². The van der Waals surface area contributed by atoms with Crippen LogP contribution in [0.1, 0.15) is 37.3 Å². The van der Waals surface area contributed by atoms with Crippen LogP contribution in [-0.4, -0.2) is 55.3 Å². The first kappa shape index (κ1) is 21.5. The third-order valence-electron chi connectivity index (χ3n) is 6.07. The molecule has 2 fully saturated rings. The van der Waals surface area contributed by atoms with Crippen molar-refractivity contribution in [3.05, 3.63) is 48.0 Å². The van der Waals surface area contributed by atoms with E-state index in [9.17, 15) is 16.8 Å². The molecule has 0 atom stereocenters. The van der Waals surface area contributed by atoms with Crippen LogP contribution in [0.4, 0.5) is 0 Å². The monoisotopic (exact) mass is 475 g/mol. The Bertz CT molecular complexity index is 1350. The van der Waals surface area contributed by atoms with Crippen LogP contribution in [0.3, 0.4) is 0 Å². The van der Waals surface area contributed by atoms with E-state index >= 15 is 0 Å². The number of piperidine rings is 1. The fourth-order valence-electron chi connectivity index (χ4n) is 4.08. The van der Waals surface area contributed by atoms with Gasteiger partial charge in [-0.2, -0.15) is 4.31 Å². The third kappa shape index (κ3) is 4.05. The molecule has 0 radical (unpaired) electrons. The zero-order valence-corrected chi connectivity index (χ0v) is 19.3. The van der Waals surface area contributed by atoms with Gasteiger partial charge >= 0.3 is 0 Å². The lowest BCUT2D eigenvalue weighted by molar-refractivity contribution is 0.263. The summed E-state index contributed by atoms with van der Waals surface area (Å²) in [7, 11) is -7.31. The van der Waals surface area contributed by atoms with Crippen LogP contribution in [-0.2, 0) is 20.0 Å². The minimum Gasteiger partial charge on any atom is -0.242 e. The van der Waals surface area contributed by atoms with Crippen molar-refractivity contribution in [2.24, 2.45) is 0 Å². The van der Waals surface area contributed by atoms with Gasteiger partial charge < -0.3 is 0 Å². The zero-order valence-electron chi connectivity index (χ0n) is 17.7. The van der Waals surface area contributed by atoms with Crippen molar-refractivity contribution >= 4 is 31.1 Å². The van der Waals surface area contributed by atoms with E-state index in [4.69, 9.17) is 0 Å². The van der Waals surface area contributed by atoms with E-state index in [0.717, 1.165) is 29.4 Å². The van der Waals surface area contributed by atoms with E-state index in [2.05, 4.69) is 15.0 Å². The quantitative estimate of drug-likeness (QED) is 0.585. The standard InChI is InChI=1S/C21H25N5O4S2/c1-15-2-9-21-20(14-15)22-24-26(21)17-10-12-25(13-11-17)32(29,30)19-7-5-18(6-8-19)31(27,28)23-16-3-4-16/h2,5-9,14,16-17,23H,3-4,10-13H2,1H3. The molecule has 1 N–H and O–H groups in total. The topological polar surface area (TPSA) is 114 Å². The maximum absolute atomic E-state index is 13.1. The summed E-state index contributed by atoms with van der Waals surface area (Å²) in [5.74, 6) is 0. The molecule has 2 heterocycles. The summed E-state index contributed by atoms with van der Waals surface area (Å²) in [6.07, 6.45) is 2.93. The van der Waals surface area contributed by atoms with Gasteiger partial charge in [-0.15, -0.1) is 5.10 Å². The largest absolute Gasteiger partial charge is 0.243 e. The Morgan fingerprint density at radius 2 is 1.56 bits per heavy atom. The van der Waals surface area contributed by atoms with Crippen molar-refractivity contribution in [1.82, 2.24) is 24.0 Å². The van der Waals surface area contributed by atoms with Crippen molar-refractivity contribution in [3.8, 4) is 0 Å². The fraction of sp³-hybridized carbons (Fsp3) is 0.429. The maximum atomic E-state index is 13.1. The number of aromatic nitrogens is 3. The Morgan fingerprint density at radius 1 is 0.906 bits per heavy atom. The van der Waals surface area contributed by atoms with Gasteiger partial charge in [0.05, 0.1) is 21.3 Å². The number of rotatable bonds is 6. The number of aryl methyl sites for hydroxylation is 1. The maximum Gasteiger partial charge on any atom is 0.243 e. The van der Waals surface area contributed by atoms with Crippen molar-refractivity contribution in [2.45, 2.75) is 54.5 Å². The van der Waals surface area contributed by atoms with Gasteiger partial charge in [0, 0.05) is 19.1 Å². The number of nitrogens with one attached hydrogen (secondary N) is 1. The third-order valence-corrected chi connectivity index (χ3v) is 9.52. The molecule has 1 aliphatic heterocycles. The van der Waals surface area contributed by atoms with Crippen LogP contribution in [0.2, 0.25) is 0 Å². The minimum absolute atomic E-state index is 0.00386. The van der Waals surface area contributed by atoms with E-state index in [-0.39, 0.29) is 21.9 Å². The lowest BCUT2D eigenvalue weighted by Gasteiger charge is -2.31. The first-order chi connectivity index (χ1) is 15.2. The Hall–Kier alpha value is -2.34. The number of sulfonamides is 2. The Labute approximate surface area is 187 Å². The highest BCUT2D eigenvalue weighted by Gasteiger charge is 2.32. The summed E-state index contributed by atoms with van der Waals surface area (Å²) in [4.78, 5) is 0.179. The first-order valence-corrected chi connectivity index (χ1v) is 13.6. The second kappa shape index (κ2) is 7.91. The SMILES string of the molecule is Cc1ccc2c(c1)nnn2C1CCN(S(=O)(=O)c2ccc(S(=O)(=O)NC3CC3)cc2)CC1. The molecule has 2 aromatic carbocycles. The summed E-state index contributed by atoms with van der Waals surface area (Å²) >= 11 is 0. The predicted octanol–water partition coefficient (Wildman–Crippen LogP) is 2.21. The lowest BCUT2D eigenvalue weighted by Crippen LogP contribution is -2.39. The number of nitrogens with zero attached hydrogens (tertiary/aromatic N) is 4. The van der Waals surface area contributed by atoms with Crippen LogP contribution in [0.5, 0.6) is 0 Å². The Balaban J connectivity index is 1.29. The van der Waals surface area contributed by atoms with Crippen LogP contribution in [0.25, 0.3) is 11.0 Å². The molecule has 1 saturated heterocycles. The number of hydrogen-bond acceptors (Lipinski definition) is 6. The Morgan fingerprint density at radius 3 is 2.22 bits per heavy atom. The van der Waals surface area contributed by atoms with Gasteiger partial charge in [-0.25, -0.2) is 26.2 Å². The molecule has 2 aliphatic rings. The van der Waals surface area contributed by atoms with E-state index in [1.165, 1.54) is 28.6 Å². The normalized spacial score (nSPS) is 18.9. The molecule has 5 rings (SSSR count). The van der Waals surface area contributed by atoms with Crippen molar-refractivity contribution in [3.63, 3.8) is 0 Å². The van der Waals surface area contributed by atoms with Crippen molar-refractivity contribution < 1.29 is 16.8 Å². The van der Waals surface area contributed by atoms with E-state index in [0.29, 0.717) is 25.9 Å². The first-order valence-electron chi connectivity index (χ1n) is 10.7. The second-order valence-electron chi connectivity index (χ2n) is 8.53. The molecule has 0 unspecified atom stereocenters. The molecule has 11 heteroatoms. The Kier molecular flexibility index (Phi) is 5.31. The smallest absolute Gasteiger partial charge is 0.242 e. The summed E-state index contributed by atoms with van der Waals surface area (Å²) in [5.41, 5.74) is 2.91. The van der Waals surface area contributed by atoms with E-state index in [1.807, 2.05) is 29.8 Å². The number of benzene rings is 2. The molecular weight excluding hydrogens is 450 g/mol. The molecule has 3 aromatic rings. The van der Waals surface area contributed by atoms with Gasteiger partial charge in [0.2, 0.25) is 20.0 Å². The molecule has 0 amide bonds. The highest BCUT2D eigenvalue weighted by atomic mass is 32.2. The number of fused-ring (bicyclic) bond motifs is 1. The molecular formula is C21H25N5O4S2. The number of hydrogen-bond donors (Lipinski definition) is 1. The van der Waals surface area contributed by atoms with Crippen LogP contribution in [0.15, 0.2) is 52.3 Å². The summed E-state index contributed by atoms with van der Waals surface area (Å²) in [5, 5.41) is 8.55. The summed E-state index contributed by atoms with van der Waals surface area (Å²) < 4.78 is 56.8. The van der Waals surface area contributed by atoms with Crippen LogP contribution < -0.4 is 4.72 Å². The molecule has 32 heavy (non-hydrogen) atoms. The van der Waals surface area contributed by atoms with Crippen LogP contribution >= 0.6 is 0 Å². The fourth-order valence-corrected chi connectivity index (χ4v) is 6.85. The average molecular weight is 476 g/mol. The van der Waals surface area contributed by atoms with Crippen molar-refractivity contribution in [1.29, 1.82) is 0 Å². The van der Waals surface area contributed by atoms with Crippen LogP contribution in [0, 0.1) is 6.92 Å².